The molecule has 0 bridgehead atoms. The van der Waals surface area contributed by atoms with Gasteiger partial charge in [0.1, 0.15) is 0 Å². The van der Waals surface area contributed by atoms with Crippen molar-refractivity contribution in [3.63, 3.8) is 0 Å². The van der Waals surface area contributed by atoms with E-state index >= 15 is 0 Å². The summed E-state index contributed by atoms with van der Waals surface area (Å²) in [6, 6.07) is 7.68. The zero-order valence-electron chi connectivity index (χ0n) is 10.9. The lowest BCUT2D eigenvalue weighted by molar-refractivity contribution is -0.128. The van der Waals surface area contributed by atoms with Crippen molar-refractivity contribution in [2.75, 3.05) is 0 Å². The Labute approximate surface area is 106 Å². The number of amides is 1. The fourth-order valence-electron chi connectivity index (χ4n) is 1.52. The van der Waals surface area contributed by atoms with Crippen molar-refractivity contribution in [2.45, 2.75) is 27.3 Å². The average Bonchev–Trinajstić information content (AvgIpc) is 2.34. The topological polar surface area (TPSA) is 54.9 Å². The van der Waals surface area contributed by atoms with E-state index in [1.54, 1.807) is 6.20 Å². The molecule has 0 aliphatic heterocycles. The Morgan fingerprint density at radius 1 is 1.22 bits per heavy atom. The van der Waals surface area contributed by atoms with Crippen LogP contribution in [-0.2, 0) is 11.3 Å². The first-order valence-electron chi connectivity index (χ1n) is 5.96. The molecule has 0 aliphatic carbocycles. The van der Waals surface area contributed by atoms with Crippen LogP contribution in [0.3, 0.4) is 0 Å². The molecule has 0 saturated carbocycles. The number of para-hydroxylation sites is 2. The van der Waals surface area contributed by atoms with Gasteiger partial charge in [-0.15, -0.1) is 0 Å². The summed E-state index contributed by atoms with van der Waals surface area (Å²) in [5.74, 6) is 0.0115. The molecule has 4 nitrogen and oxygen atoms in total. The summed E-state index contributed by atoms with van der Waals surface area (Å²) in [6.07, 6.45) is 1.70. The highest BCUT2D eigenvalue weighted by Crippen LogP contribution is 2.13. The second kappa shape index (κ2) is 4.72. The first-order chi connectivity index (χ1) is 8.47. The van der Waals surface area contributed by atoms with E-state index in [1.807, 2.05) is 45.0 Å². The van der Waals surface area contributed by atoms with Gasteiger partial charge in [-0.2, -0.15) is 0 Å². The predicted molar refractivity (Wildman–Crippen MR) is 70.8 cm³/mol. The number of rotatable bonds is 2. The second-order valence-corrected chi connectivity index (χ2v) is 5.28. The molecule has 1 aromatic heterocycles. The molecule has 1 N–H and O–H groups in total. The maximum atomic E-state index is 11.7. The summed E-state index contributed by atoms with van der Waals surface area (Å²) in [7, 11) is 0. The van der Waals surface area contributed by atoms with Crippen molar-refractivity contribution < 1.29 is 4.79 Å². The Hall–Kier alpha value is -1.97. The van der Waals surface area contributed by atoms with Crippen LogP contribution in [0.15, 0.2) is 30.5 Å². The number of nitrogens with zero attached hydrogens (tertiary/aromatic N) is 2. The van der Waals surface area contributed by atoms with Gasteiger partial charge in [-0.05, 0) is 12.1 Å². The highest BCUT2D eigenvalue weighted by atomic mass is 16.2. The number of nitrogens with one attached hydrogen (secondary N) is 1. The van der Waals surface area contributed by atoms with Gasteiger partial charge in [0.15, 0.2) is 0 Å². The van der Waals surface area contributed by atoms with Gasteiger partial charge in [-0.25, -0.2) is 4.98 Å². The van der Waals surface area contributed by atoms with Crippen molar-refractivity contribution in [3.05, 3.63) is 36.2 Å². The standard InChI is InChI=1S/C14H17N3O/c1-14(2,3)13(18)16-9-10-8-15-11-6-4-5-7-12(11)17-10/h4-8H,9H2,1-3H3,(H,16,18). The van der Waals surface area contributed by atoms with E-state index in [0.717, 1.165) is 16.7 Å². The van der Waals surface area contributed by atoms with Gasteiger partial charge in [-0.3, -0.25) is 9.78 Å². The van der Waals surface area contributed by atoms with Gasteiger partial charge >= 0.3 is 0 Å². The highest BCUT2D eigenvalue weighted by Gasteiger charge is 2.20. The number of hydrogen-bond acceptors (Lipinski definition) is 3. The SMILES string of the molecule is CC(C)(C)C(=O)NCc1cnc2ccccc2n1. The number of aromatic nitrogens is 2. The van der Waals surface area contributed by atoms with E-state index in [2.05, 4.69) is 15.3 Å². The number of carbonyl (C=O) groups is 1. The monoisotopic (exact) mass is 243 g/mol. The van der Waals surface area contributed by atoms with Crippen LogP contribution in [0.5, 0.6) is 0 Å². The number of benzene rings is 1. The Morgan fingerprint density at radius 2 is 1.89 bits per heavy atom. The van der Waals surface area contributed by atoms with E-state index in [4.69, 9.17) is 0 Å². The fraction of sp³-hybridized carbons (Fsp3) is 0.357. The van der Waals surface area contributed by atoms with Crippen LogP contribution in [-0.4, -0.2) is 15.9 Å². The van der Waals surface area contributed by atoms with Gasteiger partial charge in [0.25, 0.3) is 0 Å². The third-order valence-electron chi connectivity index (χ3n) is 2.61. The normalized spacial score (nSPS) is 11.5. The lowest BCUT2D eigenvalue weighted by Gasteiger charge is -2.17. The molecule has 0 radical (unpaired) electrons. The molecule has 0 fully saturated rings. The van der Waals surface area contributed by atoms with Crippen molar-refractivity contribution in [1.82, 2.24) is 15.3 Å². The van der Waals surface area contributed by atoms with Gasteiger partial charge in [0.2, 0.25) is 5.91 Å². The summed E-state index contributed by atoms with van der Waals surface area (Å²) in [5.41, 5.74) is 2.10. The third-order valence-corrected chi connectivity index (χ3v) is 2.61. The summed E-state index contributed by atoms with van der Waals surface area (Å²) in [5, 5.41) is 2.86. The molecule has 2 rings (SSSR count). The van der Waals surface area contributed by atoms with Gasteiger partial charge in [-0.1, -0.05) is 32.9 Å². The first kappa shape index (κ1) is 12.5. The Bertz CT molecular complexity index is 573. The smallest absolute Gasteiger partial charge is 0.225 e. The largest absolute Gasteiger partial charge is 0.350 e. The van der Waals surface area contributed by atoms with Crippen LogP contribution < -0.4 is 5.32 Å². The highest BCUT2D eigenvalue weighted by molar-refractivity contribution is 5.81. The van der Waals surface area contributed by atoms with Crippen LogP contribution >= 0.6 is 0 Å². The molecule has 2 aromatic rings. The van der Waals surface area contributed by atoms with Crippen LogP contribution in [0.1, 0.15) is 26.5 Å². The fourth-order valence-corrected chi connectivity index (χ4v) is 1.52. The quantitative estimate of drug-likeness (QED) is 0.880. The van der Waals surface area contributed by atoms with E-state index < -0.39 is 0 Å². The van der Waals surface area contributed by atoms with Gasteiger partial charge in [0.05, 0.1) is 29.5 Å². The molecule has 0 aliphatic rings. The van der Waals surface area contributed by atoms with Crippen LogP contribution in [0.4, 0.5) is 0 Å². The Kier molecular flexibility index (Phi) is 3.28. The molecule has 1 heterocycles. The van der Waals surface area contributed by atoms with E-state index in [-0.39, 0.29) is 11.3 Å². The maximum absolute atomic E-state index is 11.7. The predicted octanol–water partition coefficient (Wildman–Crippen LogP) is 2.29. The number of hydrogen-bond donors (Lipinski definition) is 1. The zero-order chi connectivity index (χ0) is 13.2. The van der Waals surface area contributed by atoms with E-state index in [1.165, 1.54) is 0 Å². The molecule has 0 saturated heterocycles. The second-order valence-electron chi connectivity index (χ2n) is 5.28. The first-order valence-corrected chi connectivity index (χ1v) is 5.96. The van der Waals surface area contributed by atoms with E-state index in [0.29, 0.717) is 6.54 Å². The van der Waals surface area contributed by atoms with Gasteiger partial charge in [0, 0.05) is 5.41 Å². The van der Waals surface area contributed by atoms with Crippen LogP contribution in [0.2, 0.25) is 0 Å². The lowest BCUT2D eigenvalue weighted by atomic mass is 9.96. The zero-order valence-corrected chi connectivity index (χ0v) is 10.9. The van der Waals surface area contributed by atoms with Crippen LogP contribution in [0.25, 0.3) is 11.0 Å². The number of carbonyl (C=O) groups excluding carboxylic acids is 1. The minimum Gasteiger partial charge on any atom is -0.350 e. The third kappa shape index (κ3) is 2.83. The molecular formula is C14H17N3O. The van der Waals surface area contributed by atoms with Gasteiger partial charge < -0.3 is 5.32 Å². The molecule has 94 valence electrons. The molecule has 0 unspecified atom stereocenters. The van der Waals surface area contributed by atoms with Crippen molar-refractivity contribution in [1.29, 1.82) is 0 Å². The minimum atomic E-state index is -0.385. The molecule has 1 amide bonds. The van der Waals surface area contributed by atoms with Crippen molar-refractivity contribution >= 4 is 16.9 Å². The minimum absolute atomic E-state index is 0.0115. The lowest BCUT2D eigenvalue weighted by Crippen LogP contribution is -2.34. The number of fused-ring (bicyclic) bond motifs is 1. The summed E-state index contributed by atoms with van der Waals surface area (Å²) in [6.45, 7) is 6.06. The summed E-state index contributed by atoms with van der Waals surface area (Å²) >= 11 is 0. The van der Waals surface area contributed by atoms with E-state index in [9.17, 15) is 4.79 Å². The Balaban J connectivity index is 2.11. The molecule has 1 aromatic carbocycles. The van der Waals surface area contributed by atoms with Crippen molar-refractivity contribution in [3.8, 4) is 0 Å². The molecule has 0 atom stereocenters. The van der Waals surface area contributed by atoms with Crippen molar-refractivity contribution in [2.24, 2.45) is 5.41 Å². The maximum Gasteiger partial charge on any atom is 0.225 e. The molecule has 18 heavy (non-hydrogen) atoms. The summed E-state index contributed by atoms with van der Waals surface area (Å²) in [4.78, 5) is 20.5. The Morgan fingerprint density at radius 3 is 2.56 bits per heavy atom. The molecular weight excluding hydrogens is 226 g/mol. The summed E-state index contributed by atoms with van der Waals surface area (Å²) < 4.78 is 0. The molecule has 4 heteroatoms. The van der Waals surface area contributed by atoms with Crippen LogP contribution in [0, 0.1) is 5.41 Å². The molecule has 0 spiro atoms. The average molecular weight is 243 g/mol.